The smallest absolute Gasteiger partial charge is 0.185 e. The van der Waals surface area contributed by atoms with Crippen LogP contribution in [-0.2, 0) is 0 Å². The number of ketones is 1. The van der Waals surface area contributed by atoms with Gasteiger partial charge in [-0.15, -0.1) is 0 Å². The molecule has 0 atom stereocenters. The Hall–Kier alpha value is -2.55. The molecule has 3 heteroatoms. The molecule has 0 aromatic heterocycles. The number of rotatable bonds is 8. The Bertz CT molecular complexity index is 640. The number of allylic oxidation sites excluding steroid dienone is 1. The van der Waals surface area contributed by atoms with Crippen LogP contribution in [-0.4, -0.2) is 17.5 Å². The van der Waals surface area contributed by atoms with Crippen LogP contribution in [0, 0.1) is 0 Å². The summed E-state index contributed by atoms with van der Waals surface area (Å²) in [6, 6.07) is 13.9. The van der Waals surface area contributed by atoms with Crippen LogP contribution in [0.5, 0.6) is 11.5 Å². The standard InChI is InChI=1S/C20H22O3/c1-2-3-4-15-23-19-12-8-17(9-13-19)20(22)14-7-16-5-10-18(21)11-6-16/h5-14,21H,2-4,15H2,1H3. The Labute approximate surface area is 137 Å². The van der Waals surface area contributed by atoms with Gasteiger partial charge < -0.3 is 9.84 Å². The number of unbranched alkanes of at least 4 members (excludes halogenated alkanes) is 2. The molecule has 2 aromatic carbocycles. The summed E-state index contributed by atoms with van der Waals surface area (Å²) in [5.74, 6) is 0.943. The largest absolute Gasteiger partial charge is 0.508 e. The van der Waals surface area contributed by atoms with Gasteiger partial charge in [0.15, 0.2) is 5.78 Å². The molecule has 0 unspecified atom stereocenters. The molecule has 2 aromatic rings. The molecule has 0 bridgehead atoms. The van der Waals surface area contributed by atoms with Crippen LogP contribution in [0.2, 0.25) is 0 Å². The van der Waals surface area contributed by atoms with E-state index >= 15 is 0 Å². The van der Waals surface area contributed by atoms with E-state index in [0.29, 0.717) is 12.2 Å². The molecule has 2 rings (SSSR count). The monoisotopic (exact) mass is 310 g/mol. The number of phenolic OH excluding ortho intramolecular Hbond substituents is 1. The maximum Gasteiger partial charge on any atom is 0.185 e. The third-order valence-corrected chi connectivity index (χ3v) is 3.48. The fourth-order valence-corrected chi connectivity index (χ4v) is 2.11. The van der Waals surface area contributed by atoms with Crippen molar-refractivity contribution in [1.29, 1.82) is 0 Å². The van der Waals surface area contributed by atoms with Crippen molar-refractivity contribution in [3.05, 3.63) is 65.7 Å². The molecule has 3 nitrogen and oxygen atoms in total. The number of benzene rings is 2. The maximum atomic E-state index is 12.1. The first-order valence-electron chi connectivity index (χ1n) is 7.93. The van der Waals surface area contributed by atoms with E-state index in [2.05, 4.69) is 6.92 Å². The second kappa shape index (κ2) is 8.79. The van der Waals surface area contributed by atoms with Crippen molar-refractivity contribution in [3.8, 4) is 11.5 Å². The molecule has 0 heterocycles. The third-order valence-electron chi connectivity index (χ3n) is 3.48. The van der Waals surface area contributed by atoms with E-state index in [9.17, 15) is 9.90 Å². The lowest BCUT2D eigenvalue weighted by Gasteiger charge is -2.05. The predicted molar refractivity (Wildman–Crippen MR) is 92.9 cm³/mol. The lowest BCUT2D eigenvalue weighted by Crippen LogP contribution is -1.98. The fourth-order valence-electron chi connectivity index (χ4n) is 2.11. The highest BCUT2D eigenvalue weighted by molar-refractivity contribution is 6.06. The van der Waals surface area contributed by atoms with Crippen LogP contribution >= 0.6 is 0 Å². The molecule has 0 saturated heterocycles. The number of aromatic hydroxyl groups is 1. The number of ether oxygens (including phenoxy) is 1. The highest BCUT2D eigenvalue weighted by atomic mass is 16.5. The van der Waals surface area contributed by atoms with Gasteiger partial charge in [0.25, 0.3) is 0 Å². The first kappa shape index (κ1) is 16.8. The molecule has 0 radical (unpaired) electrons. The van der Waals surface area contributed by atoms with E-state index in [-0.39, 0.29) is 11.5 Å². The Morgan fingerprint density at radius 2 is 1.74 bits per heavy atom. The highest BCUT2D eigenvalue weighted by Crippen LogP contribution is 2.15. The van der Waals surface area contributed by atoms with Gasteiger partial charge in [-0.25, -0.2) is 0 Å². The quantitative estimate of drug-likeness (QED) is 0.430. The Morgan fingerprint density at radius 1 is 1.04 bits per heavy atom. The average Bonchev–Trinajstić information content (AvgIpc) is 2.58. The summed E-state index contributed by atoms with van der Waals surface area (Å²) < 4.78 is 5.63. The SMILES string of the molecule is CCCCCOc1ccc(C(=O)C=Cc2ccc(O)cc2)cc1. The normalized spacial score (nSPS) is 10.8. The van der Waals surface area contributed by atoms with Crippen molar-refractivity contribution >= 4 is 11.9 Å². The number of phenols is 1. The second-order valence-corrected chi connectivity index (χ2v) is 5.37. The van der Waals surface area contributed by atoms with E-state index in [1.165, 1.54) is 18.9 Å². The minimum absolute atomic E-state index is 0.0596. The van der Waals surface area contributed by atoms with Crippen molar-refractivity contribution in [1.82, 2.24) is 0 Å². The summed E-state index contributed by atoms with van der Waals surface area (Å²) in [4.78, 5) is 12.1. The van der Waals surface area contributed by atoms with Crippen molar-refractivity contribution in [2.45, 2.75) is 26.2 Å². The lowest BCUT2D eigenvalue weighted by atomic mass is 10.1. The van der Waals surface area contributed by atoms with Gasteiger partial charge in [-0.1, -0.05) is 38.0 Å². The summed E-state index contributed by atoms with van der Waals surface area (Å²) >= 11 is 0. The number of carbonyl (C=O) groups excluding carboxylic acids is 1. The zero-order valence-electron chi connectivity index (χ0n) is 13.4. The van der Waals surface area contributed by atoms with Crippen LogP contribution in [0.15, 0.2) is 54.6 Å². The van der Waals surface area contributed by atoms with Gasteiger partial charge in [0.1, 0.15) is 11.5 Å². The second-order valence-electron chi connectivity index (χ2n) is 5.37. The van der Waals surface area contributed by atoms with Gasteiger partial charge in [-0.05, 0) is 54.5 Å². The van der Waals surface area contributed by atoms with Gasteiger partial charge in [0, 0.05) is 5.56 Å². The molecular weight excluding hydrogens is 288 g/mol. The van der Waals surface area contributed by atoms with Crippen LogP contribution in [0.25, 0.3) is 6.08 Å². The molecule has 0 aliphatic rings. The van der Waals surface area contributed by atoms with Crippen LogP contribution in [0.3, 0.4) is 0 Å². The first-order valence-corrected chi connectivity index (χ1v) is 7.93. The van der Waals surface area contributed by atoms with E-state index < -0.39 is 0 Å². The zero-order valence-corrected chi connectivity index (χ0v) is 13.4. The molecule has 0 fully saturated rings. The first-order chi connectivity index (χ1) is 11.2. The average molecular weight is 310 g/mol. The minimum atomic E-state index is -0.0596. The molecule has 23 heavy (non-hydrogen) atoms. The van der Waals surface area contributed by atoms with Crippen molar-refractivity contribution in [2.75, 3.05) is 6.61 Å². The Kier molecular flexibility index (Phi) is 6.42. The van der Waals surface area contributed by atoms with Gasteiger partial charge in [-0.3, -0.25) is 4.79 Å². The molecule has 0 spiro atoms. The maximum absolute atomic E-state index is 12.1. The number of hydrogen-bond acceptors (Lipinski definition) is 3. The highest BCUT2D eigenvalue weighted by Gasteiger charge is 2.02. The van der Waals surface area contributed by atoms with Gasteiger partial charge >= 0.3 is 0 Å². The molecule has 1 N–H and O–H groups in total. The summed E-state index contributed by atoms with van der Waals surface area (Å²) in [5, 5.41) is 9.23. The third kappa shape index (κ3) is 5.62. The molecule has 0 amide bonds. The van der Waals surface area contributed by atoms with E-state index in [1.807, 2.05) is 12.1 Å². The van der Waals surface area contributed by atoms with Gasteiger partial charge in [0.2, 0.25) is 0 Å². The van der Waals surface area contributed by atoms with E-state index in [1.54, 1.807) is 42.5 Å². The van der Waals surface area contributed by atoms with Crippen LogP contribution < -0.4 is 4.74 Å². The molecule has 120 valence electrons. The lowest BCUT2D eigenvalue weighted by molar-refractivity contribution is 0.104. The summed E-state index contributed by atoms with van der Waals surface area (Å²) in [6.45, 7) is 2.87. The number of carbonyl (C=O) groups is 1. The van der Waals surface area contributed by atoms with Crippen molar-refractivity contribution < 1.29 is 14.6 Å². The fraction of sp³-hybridized carbons (Fsp3) is 0.250. The van der Waals surface area contributed by atoms with Crippen molar-refractivity contribution in [2.24, 2.45) is 0 Å². The summed E-state index contributed by atoms with van der Waals surface area (Å²) in [5.41, 5.74) is 1.49. The zero-order chi connectivity index (χ0) is 16.5. The molecule has 0 aliphatic carbocycles. The Morgan fingerprint density at radius 3 is 2.39 bits per heavy atom. The minimum Gasteiger partial charge on any atom is -0.508 e. The number of hydrogen-bond donors (Lipinski definition) is 1. The van der Waals surface area contributed by atoms with E-state index in [4.69, 9.17) is 4.74 Å². The van der Waals surface area contributed by atoms with Crippen LogP contribution in [0.1, 0.15) is 42.1 Å². The van der Waals surface area contributed by atoms with Crippen molar-refractivity contribution in [3.63, 3.8) is 0 Å². The van der Waals surface area contributed by atoms with E-state index in [0.717, 1.165) is 17.7 Å². The summed E-state index contributed by atoms with van der Waals surface area (Å²) in [7, 11) is 0. The molecule has 0 saturated carbocycles. The topological polar surface area (TPSA) is 46.5 Å². The van der Waals surface area contributed by atoms with Crippen LogP contribution in [0.4, 0.5) is 0 Å². The van der Waals surface area contributed by atoms with Gasteiger partial charge in [0.05, 0.1) is 6.61 Å². The Balaban J connectivity index is 1.90. The molecule has 0 aliphatic heterocycles. The molecular formula is C20H22O3. The van der Waals surface area contributed by atoms with Gasteiger partial charge in [-0.2, -0.15) is 0 Å². The summed E-state index contributed by atoms with van der Waals surface area (Å²) in [6.07, 6.45) is 6.65. The predicted octanol–water partition coefficient (Wildman–Crippen LogP) is 4.86.